The van der Waals surface area contributed by atoms with E-state index in [4.69, 9.17) is 17.3 Å². The van der Waals surface area contributed by atoms with Crippen LogP contribution < -0.4 is 5.73 Å². The molecule has 0 amide bonds. The van der Waals surface area contributed by atoms with Crippen molar-refractivity contribution in [3.8, 4) is 0 Å². The lowest BCUT2D eigenvalue weighted by molar-refractivity contribution is 0.206. The van der Waals surface area contributed by atoms with Crippen molar-refractivity contribution in [3.63, 3.8) is 0 Å². The molecule has 0 spiro atoms. The van der Waals surface area contributed by atoms with E-state index in [0.717, 1.165) is 4.47 Å². The SMILES string of the molecule is CC(C)n1ncc(Cl)c1C(O)c1cc(Br)ccc1N. The highest BCUT2D eigenvalue weighted by atomic mass is 79.9. The van der Waals surface area contributed by atoms with Gasteiger partial charge in [-0.1, -0.05) is 27.5 Å². The number of hydrogen-bond acceptors (Lipinski definition) is 3. The van der Waals surface area contributed by atoms with Crippen LogP contribution >= 0.6 is 27.5 Å². The molecule has 0 aliphatic heterocycles. The molecule has 0 radical (unpaired) electrons. The summed E-state index contributed by atoms with van der Waals surface area (Å²) in [7, 11) is 0. The molecule has 19 heavy (non-hydrogen) atoms. The molecule has 102 valence electrons. The van der Waals surface area contributed by atoms with Gasteiger partial charge in [0.15, 0.2) is 0 Å². The molecule has 0 fully saturated rings. The summed E-state index contributed by atoms with van der Waals surface area (Å²) in [6.07, 6.45) is 0.628. The van der Waals surface area contributed by atoms with Gasteiger partial charge in [0.1, 0.15) is 6.10 Å². The Balaban J connectivity index is 2.52. The zero-order valence-corrected chi connectivity index (χ0v) is 13.0. The first-order valence-electron chi connectivity index (χ1n) is 5.87. The standard InChI is InChI=1S/C13H15BrClN3O/c1-7(2)18-12(10(15)6-17-18)13(19)9-5-8(14)3-4-11(9)16/h3-7,13,19H,16H2,1-2H3. The molecule has 4 nitrogen and oxygen atoms in total. The Hall–Kier alpha value is -1.04. The Morgan fingerprint density at radius 3 is 2.74 bits per heavy atom. The molecule has 0 bridgehead atoms. The molecule has 2 rings (SSSR count). The lowest BCUT2D eigenvalue weighted by Gasteiger charge is -2.18. The van der Waals surface area contributed by atoms with Crippen molar-refractivity contribution in [1.82, 2.24) is 9.78 Å². The van der Waals surface area contributed by atoms with Gasteiger partial charge in [-0.15, -0.1) is 0 Å². The highest BCUT2D eigenvalue weighted by Crippen LogP contribution is 2.33. The Kier molecular flexibility index (Phi) is 4.18. The third kappa shape index (κ3) is 2.78. The first-order chi connectivity index (χ1) is 8.91. The fourth-order valence-corrected chi connectivity index (χ4v) is 2.56. The molecule has 1 heterocycles. The number of nitrogen functional groups attached to an aromatic ring is 1. The number of nitrogens with zero attached hydrogens (tertiary/aromatic N) is 2. The summed E-state index contributed by atoms with van der Waals surface area (Å²) in [5, 5.41) is 15.2. The predicted molar refractivity (Wildman–Crippen MR) is 80.2 cm³/mol. The largest absolute Gasteiger partial charge is 0.398 e. The Morgan fingerprint density at radius 2 is 2.11 bits per heavy atom. The molecule has 1 aromatic heterocycles. The molecule has 0 aliphatic carbocycles. The predicted octanol–water partition coefficient (Wildman–Crippen LogP) is 3.54. The zero-order chi connectivity index (χ0) is 14.2. The van der Waals surface area contributed by atoms with Crippen LogP contribution in [-0.4, -0.2) is 14.9 Å². The van der Waals surface area contributed by atoms with Crippen LogP contribution in [0.15, 0.2) is 28.9 Å². The van der Waals surface area contributed by atoms with Gasteiger partial charge < -0.3 is 10.8 Å². The Labute approximate surface area is 125 Å². The van der Waals surface area contributed by atoms with Crippen LogP contribution in [0.2, 0.25) is 5.02 Å². The molecule has 1 aromatic carbocycles. The average molecular weight is 345 g/mol. The van der Waals surface area contributed by atoms with E-state index in [2.05, 4.69) is 21.0 Å². The number of aliphatic hydroxyl groups excluding tert-OH is 1. The first-order valence-corrected chi connectivity index (χ1v) is 7.04. The smallest absolute Gasteiger partial charge is 0.124 e. The Bertz CT molecular complexity index is 598. The van der Waals surface area contributed by atoms with Crippen LogP contribution in [0.5, 0.6) is 0 Å². The van der Waals surface area contributed by atoms with Gasteiger partial charge in [-0.2, -0.15) is 5.10 Å². The normalized spacial score (nSPS) is 12.9. The van der Waals surface area contributed by atoms with Gasteiger partial charge >= 0.3 is 0 Å². The van der Waals surface area contributed by atoms with Crippen LogP contribution in [-0.2, 0) is 0 Å². The molecule has 2 aromatic rings. The zero-order valence-electron chi connectivity index (χ0n) is 10.6. The Morgan fingerprint density at radius 1 is 1.42 bits per heavy atom. The van der Waals surface area contributed by atoms with Crippen molar-refractivity contribution in [2.45, 2.75) is 26.0 Å². The quantitative estimate of drug-likeness (QED) is 0.837. The van der Waals surface area contributed by atoms with Crippen molar-refractivity contribution >= 4 is 33.2 Å². The first kappa shape index (κ1) is 14.4. The minimum absolute atomic E-state index is 0.102. The van der Waals surface area contributed by atoms with Gasteiger partial charge in [0, 0.05) is 21.8 Å². The van der Waals surface area contributed by atoms with E-state index < -0.39 is 6.10 Å². The van der Waals surface area contributed by atoms with Gasteiger partial charge in [-0.25, -0.2) is 0 Å². The number of aliphatic hydroxyl groups is 1. The number of hydrogen-bond donors (Lipinski definition) is 2. The third-order valence-corrected chi connectivity index (χ3v) is 3.66. The highest BCUT2D eigenvalue weighted by Gasteiger charge is 2.23. The number of halogens is 2. The summed E-state index contributed by atoms with van der Waals surface area (Å²) >= 11 is 9.50. The van der Waals surface area contributed by atoms with Crippen molar-refractivity contribution in [3.05, 3.63) is 45.1 Å². The molecule has 6 heteroatoms. The summed E-state index contributed by atoms with van der Waals surface area (Å²) < 4.78 is 2.55. The number of nitrogens with two attached hydrogens (primary N) is 1. The van der Waals surface area contributed by atoms with E-state index in [9.17, 15) is 5.11 Å². The summed E-state index contributed by atoms with van der Waals surface area (Å²) in [5.74, 6) is 0. The summed E-state index contributed by atoms with van der Waals surface area (Å²) in [6.45, 7) is 3.95. The van der Waals surface area contributed by atoms with Crippen LogP contribution in [0.3, 0.4) is 0 Å². The van der Waals surface area contributed by atoms with E-state index in [1.165, 1.54) is 6.20 Å². The van der Waals surface area contributed by atoms with E-state index in [-0.39, 0.29) is 6.04 Å². The second-order valence-corrected chi connectivity index (χ2v) is 5.91. The monoisotopic (exact) mass is 343 g/mol. The lowest BCUT2D eigenvalue weighted by atomic mass is 10.0. The van der Waals surface area contributed by atoms with E-state index in [1.54, 1.807) is 16.8 Å². The molecule has 0 saturated carbocycles. The highest BCUT2D eigenvalue weighted by molar-refractivity contribution is 9.10. The summed E-state index contributed by atoms with van der Waals surface area (Å²) in [5.41, 5.74) is 7.60. The number of aromatic nitrogens is 2. The molecular weight excluding hydrogens is 330 g/mol. The minimum atomic E-state index is -0.908. The van der Waals surface area contributed by atoms with Crippen molar-refractivity contribution < 1.29 is 5.11 Å². The van der Waals surface area contributed by atoms with Crippen molar-refractivity contribution in [2.24, 2.45) is 0 Å². The summed E-state index contributed by atoms with van der Waals surface area (Å²) in [4.78, 5) is 0. The number of anilines is 1. The number of rotatable bonds is 3. The maximum Gasteiger partial charge on any atom is 0.124 e. The average Bonchev–Trinajstić information content (AvgIpc) is 2.73. The van der Waals surface area contributed by atoms with E-state index in [0.29, 0.717) is 22.0 Å². The van der Waals surface area contributed by atoms with E-state index in [1.807, 2.05) is 19.9 Å². The topological polar surface area (TPSA) is 64.1 Å². The number of benzene rings is 1. The van der Waals surface area contributed by atoms with Gasteiger partial charge in [0.05, 0.1) is 16.9 Å². The van der Waals surface area contributed by atoms with Gasteiger partial charge in [0.25, 0.3) is 0 Å². The van der Waals surface area contributed by atoms with Crippen LogP contribution in [0.4, 0.5) is 5.69 Å². The molecule has 0 saturated heterocycles. The van der Waals surface area contributed by atoms with Gasteiger partial charge in [-0.05, 0) is 32.0 Å². The summed E-state index contributed by atoms with van der Waals surface area (Å²) in [6, 6.07) is 5.46. The molecule has 0 aliphatic rings. The van der Waals surface area contributed by atoms with Gasteiger partial charge in [0.2, 0.25) is 0 Å². The fraction of sp³-hybridized carbons (Fsp3) is 0.308. The van der Waals surface area contributed by atoms with Crippen LogP contribution in [0, 0.1) is 0 Å². The molecule has 1 atom stereocenters. The third-order valence-electron chi connectivity index (χ3n) is 2.88. The lowest BCUT2D eigenvalue weighted by Crippen LogP contribution is -2.13. The maximum absolute atomic E-state index is 10.6. The van der Waals surface area contributed by atoms with Crippen LogP contribution in [0.25, 0.3) is 0 Å². The van der Waals surface area contributed by atoms with E-state index >= 15 is 0 Å². The van der Waals surface area contributed by atoms with Gasteiger partial charge in [-0.3, -0.25) is 4.68 Å². The fourth-order valence-electron chi connectivity index (χ4n) is 1.95. The molecular formula is C13H15BrClN3O. The van der Waals surface area contributed by atoms with Crippen molar-refractivity contribution in [1.29, 1.82) is 0 Å². The second-order valence-electron chi connectivity index (χ2n) is 4.59. The van der Waals surface area contributed by atoms with Crippen molar-refractivity contribution in [2.75, 3.05) is 5.73 Å². The molecule has 1 unspecified atom stereocenters. The minimum Gasteiger partial charge on any atom is -0.398 e. The molecule has 3 N–H and O–H groups in total. The van der Waals surface area contributed by atoms with Crippen LogP contribution in [0.1, 0.15) is 37.3 Å². The second kappa shape index (κ2) is 5.53. The maximum atomic E-state index is 10.6.